The number of nitrogens with zero attached hydrogens (tertiary/aromatic N) is 1. The number of halogens is 3. The van der Waals surface area contributed by atoms with E-state index in [4.69, 9.17) is 10.5 Å². The van der Waals surface area contributed by atoms with Crippen LogP contribution < -0.4 is 10.6 Å². The molecular formula is C12H13F3N2O2. The lowest BCUT2D eigenvalue weighted by molar-refractivity contribution is -0.137. The van der Waals surface area contributed by atoms with Gasteiger partial charge in [-0.1, -0.05) is 0 Å². The zero-order valence-corrected chi connectivity index (χ0v) is 9.98. The minimum Gasteiger partial charge on any atom is -0.444 e. The van der Waals surface area contributed by atoms with Crippen molar-refractivity contribution in [3.05, 3.63) is 29.8 Å². The Balaban J connectivity index is 2.02. The minimum atomic E-state index is -4.33. The fourth-order valence-electron chi connectivity index (χ4n) is 2.08. The van der Waals surface area contributed by atoms with E-state index < -0.39 is 17.8 Å². The van der Waals surface area contributed by atoms with E-state index in [1.165, 1.54) is 12.1 Å². The zero-order chi connectivity index (χ0) is 14.0. The van der Waals surface area contributed by atoms with Crippen LogP contribution in [0.2, 0.25) is 0 Å². The highest BCUT2D eigenvalue weighted by Crippen LogP contribution is 2.31. The molecule has 2 rings (SSSR count). The number of primary amides is 1. The molecule has 1 fully saturated rings. The highest BCUT2D eigenvalue weighted by Gasteiger charge is 2.31. The van der Waals surface area contributed by atoms with Crippen molar-refractivity contribution in [2.24, 2.45) is 5.73 Å². The van der Waals surface area contributed by atoms with E-state index in [9.17, 15) is 18.0 Å². The van der Waals surface area contributed by atoms with Gasteiger partial charge in [-0.15, -0.1) is 0 Å². The van der Waals surface area contributed by atoms with Crippen LogP contribution in [-0.2, 0) is 10.9 Å². The summed E-state index contributed by atoms with van der Waals surface area (Å²) in [4.78, 5) is 12.5. The molecule has 0 radical (unpaired) electrons. The Hall–Kier alpha value is -1.92. The van der Waals surface area contributed by atoms with Crippen LogP contribution in [0.1, 0.15) is 12.0 Å². The molecule has 4 nitrogen and oxygen atoms in total. The number of alkyl halides is 3. The first-order valence-electron chi connectivity index (χ1n) is 5.74. The van der Waals surface area contributed by atoms with Gasteiger partial charge in [0.25, 0.3) is 0 Å². The van der Waals surface area contributed by atoms with Gasteiger partial charge in [-0.25, -0.2) is 4.79 Å². The summed E-state index contributed by atoms with van der Waals surface area (Å²) in [6.07, 6.45) is -4.86. The van der Waals surface area contributed by atoms with Crippen LogP contribution in [0.3, 0.4) is 0 Å². The lowest BCUT2D eigenvalue weighted by Crippen LogP contribution is -2.26. The third kappa shape index (κ3) is 3.30. The Bertz CT molecular complexity index is 459. The van der Waals surface area contributed by atoms with Crippen molar-refractivity contribution in [1.29, 1.82) is 0 Å². The van der Waals surface area contributed by atoms with Crippen molar-refractivity contribution in [2.75, 3.05) is 18.0 Å². The second-order valence-electron chi connectivity index (χ2n) is 4.34. The van der Waals surface area contributed by atoms with Gasteiger partial charge in [0.05, 0.1) is 12.1 Å². The molecule has 0 aliphatic carbocycles. The van der Waals surface area contributed by atoms with Gasteiger partial charge in [0.15, 0.2) is 0 Å². The standard InChI is InChI=1S/C12H13F3N2O2/c13-12(14,15)8-1-3-9(4-2-8)17-6-5-10(7-17)19-11(16)18/h1-4,10H,5-7H2,(H2,16,18)/t10-/m1/s1. The number of rotatable bonds is 2. The molecule has 104 valence electrons. The number of hydrogen-bond acceptors (Lipinski definition) is 3. The molecule has 19 heavy (non-hydrogen) atoms. The number of carbonyl (C=O) groups excluding carboxylic acids is 1. The average molecular weight is 274 g/mol. The van der Waals surface area contributed by atoms with E-state index in [1.54, 1.807) is 0 Å². The molecule has 0 unspecified atom stereocenters. The lowest BCUT2D eigenvalue weighted by Gasteiger charge is -2.19. The second kappa shape index (κ2) is 4.99. The molecule has 1 amide bonds. The van der Waals surface area contributed by atoms with Gasteiger partial charge in [0, 0.05) is 18.7 Å². The topological polar surface area (TPSA) is 55.6 Å². The number of amides is 1. The van der Waals surface area contributed by atoms with Gasteiger partial charge in [-0.3, -0.25) is 0 Å². The summed E-state index contributed by atoms with van der Waals surface area (Å²) in [6.45, 7) is 1.05. The van der Waals surface area contributed by atoms with E-state index in [-0.39, 0.29) is 6.10 Å². The van der Waals surface area contributed by atoms with E-state index in [0.29, 0.717) is 25.2 Å². The Labute approximate surface area is 107 Å². The molecule has 0 saturated carbocycles. The number of ether oxygens (including phenoxy) is 1. The SMILES string of the molecule is NC(=O)O[C@@H]1CCN(c2ccc(C(F)(F)F)cc2)C1. The predicted octanol–water partition coefficient (Wildman–Crippen LogP) is 2.38. The van der Waals surface area contributed by atoms with Crippen molar-refractivity contribution in [2.45, 2.75) is 18.7 Å². The van der Waals surface area contributed by atoms with Gasteiger partial charge in [-0.2, -0.15) is 13.2 Å². The number of benzene rings is 1. The van der Waals surface area contributed by atoms with Crippen LogP contribution in [0.25, 0.3) is 0 Å². The molecule has 0 spiro atoms. The predicted molar refractivity (Wildman–Crippen MR) is 62.7 cm³/mol. The third-order valence-corrected chi connectivity index (χ3v) is 2.99. The fraction of sp³-hybridized carbons (Fsp3) is 0.417. The van der Waals surface area contributed by atoms with Gasteiger partial charge >= 0.3 is 12.3 Å². The van der Waals surface area contributed by atoms with E-state index in [1.807, 2.05) is 4.90 Å². The smallest absolute Gasteiger partial charge is 0.416 e. The molecule has 1 aromatic carbocycles. The molecule has 1 aliphatic rings. The molecule has 0 aromatic heterocycles. The Morgan fingerprint density at radius 1 is 1.32 bits per heavy atom. The van der Waals surface area contributed by atoms with Crippen LogP contribution in [0, 0.1) is 0 Å². The average Bonchev–Trinajstić information content (AvgIpc) is 2.75. The van der Waals surface area contributed by atoms with Gasteiger partial charge in [0.1, 0.15) is 6.10 Å². The minimum absolute atomic E-state index is 0.306. The number of nitrogens with two attached hydrogens (primary N) is 1. The number of hydrogen-bond donors (Lipinski definition) is 1. The molecule has 7 heteroatoms. The largest absolute Gasteiger partial charge is 0.444 e. The normalized spacial score (nSPS) is 19.5. The van der Waals surface area contributed by atoms with Gasteiger partial charge < -0.3 is 15.4 Å². The Morgan fingerprint density at radius 2 is 1.95 bits per heavy atom. The summed E-state index contributed by atoms with van der Waals surface area (Å²) < 4.78 is 42.1. The first kappa shape index (κ1) is 13.5. The van der Waals surface area contributed by atoms with Crippen LogP contribution >= 0.6 is 0 Å². The second-order valence-corrected chi connectivity index (χ2v) is 4.34. The van der Waals surface area contributed by atoms with Crippen molar-refractivity contribution in [3.8, 4) is 0 Å². The van der Waals surface area contributed by atoms with Crippen LogP contribution in [-0.4, -0.2) is 25.3 Å². The summed E-state index contributed by atoms with van der Waals surface area (Å²) >= 11 is 0. The molecule has 1 aliphatic heterocycles. The van der Waals surface area contributed by atoms with Crippen LogP contribution in [0.4, 0.5) is 23.7 Å². The summed E-state index contributed by atoms with van der Waals surface area (Å²) in [7, 11) is 0. The fourth-order valence-corrected chi connectivity index (χ4v) is 2.08. The summed E-state index contributed by atoms with van der Waals surface area (Å²) in [5.41, 5.74) is 4.91. The molecular weight excluding hydrogens is 261 g/mol. The van der Waals surface area contributed by atoms with Crippen LogP contribution in [0.15, 0.2) is 24.3 Å². The van der Waals surface area contributed by atoms with Crippen molar-refractivity contribution >= 4 is 11.8 Å². The first-order valence-corrected chi connectivity index (χ1v) is 5.74. The summed E-state index contributed by atoms with van der Waals surface area (Å²) in [5.74, 6) is 0. The maximum absolute atomic E-state index is 12.4. The van der Waals surface area contributed by atoms with Crippen LogP contribution in [0.5, 0.6) is 0 Å². The van der Waals surface area contributed by atoms with Crippen molar-refractivity contribution < 1.29 is 22.7 Å². The van der Waals surface area contributed by atoms with E-state index in [0.717, 1.165) is 12.1 Å². The summed E-state index contributed by atoms with van der Waals surface area (Å²) in [5, 5.41) is 0. The van der Waals surface area contributed by atoms with Crippen molar-refractivity contribution in [1.82, 2.24) is 0 Å². The molecule has 1 aromatic rings. The highest BCUT2D eigenvalue weighted by atomic mass is 19.4. The molecule has 1 atom stereocenters. The number of anilines is 1. The van der Waals surface area contributed by atoms with Gasteiger partial charge in [0.2, 0.25) is 0 Å². The molecule has 2 N–H and O–H groups in total. The monoisotopic (exact) mass is 274 g/mol. The maximum Gasteiger partial charge on any atom is 0.416 e. The summed E-state index contributed by atoms with van der Waals surface area (Å²) in [6, 6.07) is 4.90. The third-order valence-electron chi connectivity index (χ3n) is 2.99. The van der Waals surface area contributed by atoms with E-state index >= 15 is 0 Å². The van der Waals surface area contributed by atoms with E-state index in [2.05, 4.69) is 0 Å². The number of carbonyl (C=O) groups is 1. The zero-order valence-electron chi connectivity index (χ0n) is 9.98. The van der Waals surface area contributed by atoms with Gasteiger partial charge in [-0.05, 0) is 24.3 Å². The Morgan fingerprint density at radius 3 is 2.47 bits per heavy atom. The molecule has 1 saturated heterocycles. The first-order chi connectivity index (χ1) is 8.86. The quantitative estimate of drug-likeness (QED) is 0.900. The van der Waals surface area contributed by atoms with Crippen molar-refractivity contribution in [3.63, 3.8) is 0 Å². The lowest BCUT2D eigenvalue weighted by atomic mass is 10.2. The Kier molecular flexibility index (Phi) is 3.55. The molecule has 0 bridgehead atoms. The highest BCUT2D eigenvalue weighted by molar-refractivity contribution is 5.65. The molecule has 1 heterocycles. The maximum atomic E-state index is 12.4.